The van der Waals surface area contributed by atoms with Crippen molar-refractivity contribution in [1.82, 2.24) is 19.8 Å². The molecule has 1 aromatic heterocycles. The number of carbonyl (C=O) groups is 1. The third-order valence-corrected chi connectivity index (χ3v) is 6.91. The van der Waals surface area contributed by atoms with Crippen LogP contribution in [0.15, 0.2) is 47.2 Å². The van der Waals surface area contributed by atoms with Crippen LogP contribution in [-0.4, -0.2) is 91.6 Å². The van der Waals surface area contributed by atoms with E-state index in [9.17, 15) is 4.79 Å². The first-order valence-electron chi connectivity index (χ1n) is 13.2. The van der Waals surface area contributed by atoms with E-state index in [0.717, 1.165) is 53.7 Å². The topological polar surface area (TPSA) is 98.3 Å². The molecule has 0 saturated carbocycles. The van der Waals surface area contributed by atoms with E-state index < -0.39 is 0 Å². The molecule has 10 nitrogen and oxygen atoms in total. The van der Waals surface area contributed by atoms with Crippen molar-refractivity contribution in [2.24, 2.45) is 0 Å². The molecule has 0 bridgehead atoms. The number of fused-ring (bicyclic) bond motifs is 1. The summed E-state index contributed by atoms with van der Waals surface area (Å²) in [6.07, 6.45) is 2.17. The zero-order valence-electron chi connectivity index (χ0n) is 22.7. The van der Waals surface area contributed by atoms with E-state index in [1.165, 1.54) is 6.33 Å². The largest absolute Gasteiger partial charge is 0.487 e. The lowest BCUT2D eigenvalue weighted by Crippen LogP contribution is -2.52. The predicted molar refractivity (Wildman–Crippen MR) is 154 cm³/mol. The number of nitrogens with zero attached hydrogens (tertiary/aromatic N) is 4. The van der Waals surface area contributed by atoms with Gasteiger partial charge < -0.3 is 24.3 Å². The van der Waals surface area contributed by atoms with Gasteiger partial charge in [-0.15, -0.1) is 0 Å². The first kappa shape index (κ1) is 29.0. The summed E-state index contributed by atoms with van der Waals surface area (Å²) in [7, 11) is 1.64. The standard InChI is InChI=1S/C28H36BrN5O5/c1-4-26(34-11-9-33(10-12-34)18-27(35)37-5-2)39-25-17-23-22(16-24(25)38-14-13-36-3)28(31-19-30-23)32-21-8-6-7-20(29)15-21/h6-8,15-17,19,26H,4-5,9-14,18H2,1-3H3,(H,30,31,32). The van der Waals surface area contributed by atoms with Gasteiger partial charge in [-0.25, -0.2) is 9.97 Å². The van der Waals surface area contributed by atoms with Gasteiger partial charge in [-0.1, -0.05) is 28.9 Å². The van der Waals surface area contributed by atoms with Crippen molar-refractivity contribution in [1.29, 1.82) is 0 Å². The molecular weight excluding hydrogens is 566 g/mol. The van der Waals surface area contributed by atoms with Crippen LogP contribution in [0.1, 0.15) is 20.3 Å². The molecule has 210 valence electrons. The average molecular weight is 603 g/mol. The third-order valence-electron chi connectivity index (χ3n) is 6.42. The van der Waals surface area contributed by atoms with E-state index in [2.05, 4.69) is 47.9 Å². The second-order valence-electron chi connectivity index (χ2n) is 9.11. The van der Waals surface area contributed by atoms with Crippen LogP contribution in [0, 0.1) is 0 Å². The molecule has 1 aliphatic heterocycles. The Morgan fingerprint density at radius 1 is 1.08 bits per heavy atom. The molecule has 11 heteroatoms. The maximum absolute atomic E-state index is 11.9. The molecular formula is C28H36BrN5O5. The Kier molecular flexibility index (Phi) is 10.7. The number of anilines is 2. The summed E-state index contributed by atoms with van der Waals surface area (Å²) in [4.78, 5) is 25.3. The summed E-state index contributed by atoms with van der Waals surface area (Å²) in [5.41, 5.74) is 1.64. The normalized spacial score (nSPS) is 15.2. The number of halogens is 1. The van der Waals surface area contributed by atoms with Gasteiger partial charge in [0.2, 0.25) is 0 Å². The van der Waals surface area contributed by atoms with Crippen molar-refractivity contribution in [3.63, 3.8) is 0 Å². The maximum Gasteiger partial charge on any atom is 0.320 e. The van der Waals surface area contributed by atoms with E-state index in [1.807, 2.05) is 43.3 Å². The fourth-order valence-electron chi connectivity index (χ4n) is 4.47. The fraction of sp³-hybridized carbons (Fsp3) is 0.464. The van der Waals surface area contributed by atoms with Crippen LogP contribution in [0.25, 0.3) is 10.9 Å². The molecule has 4 rings (SSSR count). The molecule has 0 radical (unpaired) electrons. The van der Waals surface area contributed by atoms with Crippen molar-refractivity contribution in [3.8, 4) is 11.5 Å². The van der Waals surface area contributed by atoms with Crippen LogP contribution >= 0.6 is 15.9 Å². The van der Waals surface area contributed by atoms with Gasteiger partial charge in [0.25, 0.3) is 0 Å². The lowest BCUT2D eigenvalue weighted by molar-refractivity contribution is -0.145. The number of methoxy groups -OCH3 is 1. The van der Waals surface area contributed by atoms with E-state index in [4.69, 9.17) is 18.9 Å². The molecule has 1 saturated heterocycles. The van der Waals surface area contributed by atoms with Crippen molar-refractivity contribution in [3.05, 3.63) is 47.2 Å². The number of rotatable bonds is 13. The molecule has 1 atom stereocenters. The number of hydrogen-bond acceptors (Lipinski definition) is 10. The number of benzene rings is 2. The number of aromatic nitrogens is 2. The summed E-state index contributed by atoms with van der Waals surface area (Å²) in [5, 5.41) is 4.20. The highest BCUT2D eigenvalue weighted by Crippen LogP contribution is 2.36. The molecule has 2 heterocycles. The quantitative estimate of drug-likeness (QED) is 0.223. The summed E-state index contributed by atoms with van der Waals surface area (Å²) in [6, 6.07) is 11.7. The van der Waals surface area contributed by atoms with E-state index >= 15 is 0 Å². The van der Waals surface area contributed by atoms with E-state index in [1.54, 1.807) is 7.11 Å². The summed E-state index contributed by atoms with van der Waals surface area (Å²) >= 11 is 3.52. The second-order valence-corrected chi connectivity index (χ2v) is 10.0. The van der Waals surface area contributed by atoms with Gasteiger partial charge in [-0.3, -0.25) is 14.6 Å². The van der Waals surface area contributed by atoms with Crippen molar-refractivity contribution in [2.45, 2.75) is 26.5 Å². The highest BCUT2D eigenvalue weighted by molar-refractivity contribution is 9.10. The third kappa shape index (κ3) is 8.01. The highest BCUT2D eigenvalue weighted by Gasteiger charge is 2.26. The van der Waals surface area contributed by atoms with Crippen molar-refractivity contribution < 1.29 is 23.7 Å². The van der Waals surface area contributed by atoms with Gasteiger partial charge >= 0.3 is 5.97 Å². The minimum Gasteiger partial charge on any atom is -0.487 e. The molecule has 0 aliphatic carbocycles. The number of nitrogens with one attached hydrogen (secondary N) is 1. The monoisotopic (exact) mass is 601 g/mol. The Morgan fingerprint density at radius 3 is 2.62 bits per heavy atom. The first-order valence-corrected chi connectivity index (χ1v) is 14.0. The molecule has 0 amide bonds. The molecule has 1 fully saturated rings. The number of hydrogen-bond donors (Lipinski definition) is 1. The van der Waals surface area contributed by atoms with E-state index in [0.29, 0.717) is 43.7 Å². The van der Waals surface area contributed by atoms with Gasteiger partial charge in [0.05, 0.1) is 25.3 Å². The Balaban J connectivity index is 1.54. The average Bonchev–Trinajstić information content (AvgIpc) is 2.93. The minimum absolute atomic E-state index is 0.155. The van der Waals surface area contributed by atoms with Gasteiger partial charge in [0.15, 0.2) is 17.7 Å². The molecule has 1 N–H and O–H groups in total. The molecule has 0 spiro atoms. The van der Waals surface area contributed by atoms with Crippen LogP contribution in [0.3, 0.4) is 0 Å². The summed E-state index contributed by atoms with van der Waals surface area (Å²) in [5.74, 6) is 1.71. The Labute approximate surface area is 237 Å². The zero-order chi connectivity index (χ0) is 27.6. The number of piperazine rings is 1. The van der Waals surface area contributed by atoms with Gasteiger partial charge in [0.1, 0.15) is 18.8 Å². The number of ether oxygens (including phenoxy) is 4. The maximum atomic E-state index is 11.9. The first-order chi connectivity index (χ1) is 19.0. The molecule has 3 aromatic rings. The Bertz CT molecular complexity index is 1240. The fourth-order valence-corrected chi connectivity index (χ4v) is 4.87. The molecule has 1 unspecified atom stereocenters. The lowest BCUT2D eigenvalue weighted by atomic mass is 10.2. The molecule has 1 aliphatic rings. The van der Waals surface area contributed by atoms with Crippen LogP contribution < -0.4 is 14.8 Å². The zero-order valence-corrected chi connectivity index (χ0v) is 24.3. The predicted octanol–water partition coefficient (Wildman–Crippen LogP) is 4.46. The molecule has 39 heavy (non-hydrogen) atoms. The molecule has 2 aromatic carbocycles. The van der Waals surface area contributed by atoms with Gasteiger partial charge in [0, 0.05) is 54.9 Å². The Hall–Kier alpha value is -2.99. The van der Waals surface area contributed by atoms with Crippen LogP contribution in [0.4, 0.5) is 11.5 Å². The number of carbonyl (C=O) groups excluding carboxylic acids is 1. The van der Waals surface area contributed by atoms with Crippen molar-refractivity contribution >= 4 is 44.3 Å². The smallest absolute Gasteiger partial charge is 0.320 e. The van der Waals surface area contributed by atoms with Crippen molar-refractivity contribution in [2.75, 3.05) is 65.0 Å². The van der Waals surface area contributed by atoms with Crippen LogP contribution in [0.5, 0.6) is 11.5 Å². The minimum atomic E-state index is -0.181. The number of esters is 1. The lowest BCUT2D eigenvalue weighted by Gasteiger charge is -2.38. The van der Waals surface area contributed by atoms with Crippen LogP contribution in [0.2, 0.25) is 0 Å². The van der Waals surface area contributed by atoms with E-state index in [-0.39, 0.29) is 12.2 Å². The summed E-state index contributed by atoms with van der Waals surface area (Å²) < 4.78 is 23.9. The second kappa shape index (κ2) is 14.4. The van der Waals surface area contributed by atoms with Crippen LogP contribution in [-0.2, 0) is 14.3 Å². The van der Waals surface area contributed by atoms with Gasteiger partial charge in [-0.2, -0.15) is 0 Å². The Morgan fingerprint density at radius 2 is 1.90 bits per heavy atom. The highest BCUT2D eigenvalue weighted by atomic mass is 79.9. The van der Waals surface area contributed by atoms with Gasteiger partial charge in [-0.05, 0) is 37.6 Å². The SMILES string of the molecule is CCOC(=O)CN1CCN(C(CC)Oc2cc3ncnc(Nc4cccc(Br)c4)c3cc2OCCOC)CC1. The summed E-state index contributed by atoms with van der Waals surface area (Å²) in [6.45, 7) is 8.58.